The molecule has 0 radical (unpaired) electrons. The molecule has 0 heterocycles. The van der Waals surface area contributed by atoms with Crippen molar-refractivity contribution in [3.63, 3.8) is 0 Å². The van der Waals surface area contributed by atoms with E-state index in [0.717, 1.165) is 44.4 Å². The van der Waals surface area contributed by atoms with E-state index in [1.165, 1.54) is 0 Å². The van der Waals surface area contributed by atoms with Crippen LogP contribution in [0.1, 0.15) is 66.2 Å². The number of Topliss-reactive ketones (excluding diaryl/α,β-unsaturated/α-hetero) is 1. The van der Waals surface area contributed by atoms with Gasteiger partial charge in [0.15, 0.2) is 5.78 Å². The lowest BCUT2D eigenvalue weighted by atomic mass is 9.68. The summed E-state index contributed by atoms with van der Waals surface area (Å²) in [6.07, 6.45) is 5.91. The average Bonchev–Trinajstić information content (AvgIpc) is 2.34. The van der Waals surface area contributed by atoms with Gasteiger partial charge < -0.3 is 0 Å². The lowest BCUT2D eigenvalue weighted by Crippen LogP contribution is -2.31. The van der Waals surface area contributed by atoms with Gasteiger partial charge >= 0.3 is 0 Å². The maximum absolute atomic E-state index is 12.3. The van der Waals surface area contributed by atoms with Crippen LogP contribution in [-0.4, -0.2) is 5.78 Å². The third-order valence-electron chi connectivity index (χ3n) is 4.43. The van der Waals surface area contributed by atoms with E-state index >= 15 is 0 Å². The van der Waals surface area contributed by atoms with Crippen LogP contribution in [0.3, 0.4) is 0 Å². The van der Waals surface area contributed by atoms with Crippen LogP contribution in [0.4, 0.5) is 0 Å². The monoisotopic (exact) mass is 249 g/mol. The summed E-state index contributed by atoms with van der Waals surface area (Å²) in [5, 5.41) is 9.07. The Morgan fingerprint density at radius 2 is 1.83 bits per heavy atom. The van der Waals surface area contributed by atoms with Crippen molar-refractivity contribution >= 4 is 5.78 Å². The molecule has 0 aromatic carbocycles. The molecule has 18 heavy (non-hydrogen) atoms. The second-order valence-corrected chi connectivity index (χ2v) is 6.79. The summed E-state index contributed by atoms with van der Waals surface area (Å²) in [4.78, 5) is 12.3. The Labute approximate surface area is 112 Å². The molecule has 2 nitrogen and oxygen atoms in total. The summed E-state index contributed by atoms with van der Waals surface area (Å²) in [6.45, 7) is 8.90. The smallest absolute Gasteiger partial charge is 0.153 e. The maximum Gasteiger partial charge on any atom is 0.153 e. The van der Waals surface area contributed by atoms with Crippen molar-refractivity contribution in [3.8, 4) is 6.07 Å². The second kappa shape index (κ2) is 6.36. The average molecular weight is 249 g/mol. The van der Waals surface area contributed by atoms with E-state index in [1.54, 1.807) is 0 Å². The summed E-state index contributed by atoms with van der Waals surface area (Å²) in [5.74, 6) is 0.742. The number of ketones is 1. The lowest BCUT2D eigenvalue weighted by molar-refractivity contribution is -0.126. The quantitative estimate of drug-likeness (QED) is 0.743. The zero-order valence-corrected chi connectivity index (χ0v) is 12.3. The van der Waals surface area contributed by atoms with Gasteiger partial charge in [0.2, 0.25) is 0 Å². The molecule has 1 fully saturated rings. The fraction of sp³-hybridized carbons (Fsp3) is 0.875. The van der Waals surface area contributed by atoms with E-state index in [4.69, 9.17) is 5.26 Å². The first kappa shape index (κ1) is 15.2. The highest BCUT2D eigenvalue weighted by Crippen LogP contribution is 2.40. The van der Waals surface area contributed by atoms with Crippen molar-refractivity contribution in [2.45, 2.75) is 66.2 Å². The third-order valence-corrected chi connectivity index (χ3v) is 4.43. The number of rotatable bonds is 4. The molecule has 1 aliphatic carbocycles. The number of nitrogens with zero attached hydrogens (tertiary/aromatic N) is 1. The van der Waals surface area contributed by atoms with E-state index in [9.17, 15) is 4.79 Å². The molecule has 1 saturated carbocycles. The number of hydrogen-bond donors (Lipinski definition) is 0. The number of nitriles is 1. The van der Waals surface area contributed by atoms with Crippen molar-refractivity contribution in [3.05, 3.63) is 0 Å². The molecule has 0 aliphatic heterocycles. The van der Waals surface area contributed by atoms with Crippen LogP contribution >= 0.6 is 0 Å². The standard InChI is InChI=1S/C16H27NO/c1-5-6-13(11-17)15(18)12-7-9-14(10-8-12)16(2,3)4/h12-14H,5-10H2,1-4H3. The highest BCUT2D eigenvalue weighted by molar-refractivity contribution is 5.85. The van der Waals surface area contributed by atoms with Crippen LogP contribution in [0, 0.1) is 34.5 Å². The van der Waals surface area contributed by atoms with E-state index in [2.05, 4.69) is 26.8 Å². The number of carbonyl (C=O) groups is 1. The summed E-state index contributed by atoms with van der Waals surface area (Å²) >= 11 is 0. The van der Waals surface area contributed by atoms with Crippen LogP contribution < -0.4 is 0 Å². The van der Waals surface area contributed by atoms with Crippen LogP contribution in [0.25, 0.3) is 0 Å². The lowest BCUT2D eigenvalue weighted by Gasteiger charge is -2.36. The van der Waals surface area contributed by atoms with Gasteiger partial charge in [-0.2, -0.15) is 5.26 Å². The zero-order valence-electron chi connectivity index (χ0n) is 12.3. The molecule has 2 heteroatoms. The molecule has 0 N–H and O–H groups in total. The van der Waals surface area contributed by atoms with Gasteiger partial charge in [-0.3, -0.25) is 4.79 Å². The largest absolute Gasteiger partial charge is 0.298 e. The molecular weight excluding hydrogens is 222 g/mol. The van der Waals surface area contributed by atoms with E-state index in [1.807, 2.05) is 6.92 Å². The molecule has 0 bridgehead atoms. The molecular formula is C16H27NO. The Hall–Kier alpha value is -0.840. The SMILES string of the molecule is CCCC(C#N)C(=O)C1CCC(C(C)(C)C)CC1. The molecule has 1 unspecified atom stereocenters. The van der Waals surface area contributed by atoms with Gasteiger partial charge in [-0.05, 0) is 43.4 Å². The van der Waals surface area contributed by atoms with Crippen molar-refractivity contribution in [1.82, 2.24) is 0 Å². The predicted molar refractivity (Wildman–Crippen MR) is 73.9 cm³/mol. The minimum Gasteiger partial charge on any atom is -0.298 e. The molecule has 102 valence electrons. The molecule has 1 aliphatic rings. The van der Waals surface area contributed by atoms with Crippen LogP contribution in [0.5, 0.6) is 0 Å². The minimum absolute atomic E-state index is 0.153. The highest BCUT2D eigenvalue weighted by Gasteiger charge is 2.34. The van der Waals surface area contributed by atoms with E-state index in [0.29, 0.717) is 5.41 Å². The van der Waals surface area contributed by atoms with Gasteiger partial charge in [-0.25, -0.2) is 0 Å². The molecule has 0 amide bonds. The summed E-state index contributed by atoms with van der Waals surface area (Å²) in [6, 6.07) is 2.19. The van der Waals surface area contributed by atoms with Gasteiger partial charge in [0, 0.05) is 5.92 Å². The summed E-state index contributed by atoms with van der Waals surface area (Å²) < 4.78 is 0. The Bertz CT molecular complexity index is 313. The molecule has 0 aromatic heterocycles. The van der Waals surface area contributed by atoms with Crippen LogP contribution in [-0.2, 0) is 4.79 Å². The highest BCUT2D eigenvalue weighted by atomic mass is 16.1. The van der Waals surface area contributed by atoms with Gasteiger partial charge in [-0.15, -0.1) is 0 Å². The van der Waals surface area contributed by atoms with Gasteiger partial charge in [0.1, 0.15) is 5.92 Å². The number of carbonyl (C=O) groups excluding carboxylic acids is 1. The maximum atomic E-state index is 12.3. The minimum atomic E-state index is -0.355. The number of hydrogen-bond acceptors (Lipinski definition) is 2. The van der Waals surface area contributed by atoms with Gasteiger partial charge in [0.05, 0.1) is 6.07 Å². The van der Waals surface area contributed by atoms with Crippen LogP contribution in [0.15, 0.2) is 0 Å². The van der Waals surface area contributed by atoms with Crippen molar-refractivity contribution in [2.24, 2.45) is 23.2 Å². The molecule has 0 aromatic rings. The molecule has 1 atom stereocenters. The van der Waals surface area contributed by atoms with Crippen molar-refractivity contribution < 1.29 is 4.79 Å². The molecule has 1 rings (SSSR count). The Kier molecular flexibility index (Phi) is 5.38. The fourth-order valence-electron chi connectivity index (χ4n) is 3.09. The van der Waals surface area contributed by atoms with Crippen molar-refractivity contribution in [2.75, 3.05) is 0 Å². The fourth-order valence-corrected chi connectivity index (χ4v) is 3.09. The second-order valence-electron chi connectivity index (χ2n) is 6.79. The van der Waals surface area contributed by atoms with Gasteiger partial charge in [-0.1, -0.05) is 34.1 Å². The Balaban J connectivity index is 2.53. The third kappa shape index (κ3) is 3.83. The van der Waals surface area contributed by atoms with E-state index < -0.39 is 0 Å². The molecule has 0 spiro atoms. The Morgan fingerprint density at radius 1 is 1.28 bits per heavy atom. The van der Waals surface area contributed by atoms with Gasteiger partial charge in [0.25, 0.3) is 0 Å². The first-order chi connectivity index (χ1) is 8.40. The first-order valence-electron chi connectivity index (χ1n) is 7.33. The predicted octanol–water partition coefficient (Wildman–Crippen LogP) is 4.35. The van der Waals surface area contributed by atoms with Crippen molar-refractivity contribution in [1.29, 1.82) is 5.26 Å². The summed E-state index contributed by atoms with van der Waals surface area (Å²) in [5.41, 5.74) is 0.353. The molecule has 0 saturated heterocycles. The van der Waals surface area contributed by atoms with E-state index in [-0.39, 0.29) is 17.6 Å². The zero-order chi connectivity index (χ0) is 13.8. The van der Waals surface area contributed by atoms with Crippen LogP contribution in [0.2, 0.25) is 0 Å². The Morgan fingerprint density at radius 3 is 2.22 bits per heavy atom. The normalized spacial score (nSPS) is 26.4. The summed E-state index contributed by atoms with van der Waals surface area (Å²) in [7, 11) is 0. The first-order valence-corrected chi connectivity index (χ1v) is 7.33. The topological polar surface area (TPSA) is 40.9 Å².